The van der Waals surface area contributed by atoms with E-state index in [0.29, 0.717) is 0 Å². The summed E-state index contributed by atoms with van der Waals surface area (Å²) in [6.07, 6.45) is 1.81. The van der Waals surface area contributed by atoms with Gasteiger partial charge in [-0.3, -0.25) is 0 Å². The van der Waals surface area contributed by atoms with E-state index in [0.717, 1.165) is 24.6 Å². The lowest BCUT2D eigenvalue weighted by Crippen LogP contribution is -2.37. The Balaban J connectivity index is 1.88. The molecule has 4 heteroatoms. The van der Waals surface area contributed by atoms with Crippen LogP contribution in [0.3, 0.4) is 0 Å². The number of aryl methyl sites for hydroxylation is 1. The van der Waals surface area contributed by atoms with Crippen molar-refractivity contribution in [3.05, 3.63) is 53.6 Å². The first-order valence-electron chi connectivity index (χ1n) is 7.04. The second-order valence-corrected chi connectivity index (χ2v) is 11.2. The predicted molar refractivity (Wildman–Crippen MR) is 86.7 cm³/mol. The van der Waals surface area contributed by atoms with Gasteiger partial charge in [0, 0.05) is 19.3 Å². The van der Waals surface area contributed by atoms with Crippen LogP contribution in [0.5, 0.6) is 0 Å². The van der Waals surface area contributed by atoms with Gasteiger partial charge in [-0.1, -0.05) is 49.1 Å². The minimum atomic E-state index is -1.18. The molecule has 0 amide bonds. The third-order valence-electron chi connectivity index (χ3n) is 3.29. The van der Waals surface area contributed by atoms with E-state index in [2.05, 4.69) is 59.2 Å². The lowest BCUT2D eigenvalue weighted by molar-refractivity contribution is 0.675. The van der Waals surface area contributed by atoms with E-state index in [1.165, 1.54) is 10.8 Å². The van der Waals surface area contributed by atoms with Crippen molar-refractivity contribution in [2.75, 3.05) is 0 Å². The highest BCUT2D eigenvalue weighted by Crippen LogP contribution is 2.05. The molecule has 20 heavy (non-hydrogen) atoms. The largest absolute Gasteiger partial charge is 0.307 e. The summed E-state index contributed by atoms with van der Waals surface area (Å²) in [4.78, 5) is 8.49. The van der Waals surface area contributed by atoms with Gasteiger partial charge >= 0.3 is 0 Å². The third kappa shape index (κ3) is 4.25. The average molecular weight is 285 g/mol. The molecule has 0 spiro atoms. The number of hydrogen-bond acceptors (Lipinski definition) is 3. The maximum atomic E-state index is 4.38. The van der Waals surface area contributed by atoms with Gasteiger partial charge in [-0.15, -0.1) is 0 Å². The number of benzene rings is 1. The Labute approximate surface area is 122 Å². The smallest absolute Gasteiger partial charge is 0.125 e. The van der Waals surface area contributed by atoms with Gasteiger partial charge in [0.05, 0.1) is 13.8 Å². The summed E-state index contributed by atoms with van der Waals surface area (Å²) in [7, 11) is -1.18. The molecule has 1 aromatic heterocycles. The molecule has 0 aliphatic carbocycles. The fraction of sp³-hybridized carbons (Fsp3) is 0.375. The fourth-order valence-electron chi connectivity index (χ4n) is 2.06. The van der Waals surface area contributed by atoms with E-state index in [1.54, 1.807) is 0 Å². The van der Waals surface area contributed by atoms with Crippen molar-refractivity contribution in [1.29, 1.82) is 0 Å². The molecule has 3 nitrogen and oxygen atoms in total. The molecule has 0 unspecified atom stereocenters. The van der Waals surface area contributed by atoms with Crippen LogP contribution >= 0.6 is 0 Å². The highest BCUT2D eigenvalue weighted by Gasteiger charge is 2.15. The maximum Gasteiger partial charge on any atom is 0.125 e. The summed E-state index contributed by atoms with van der Waals surface area (Å²) in [6.45, 7) is 10.7. The van der Waals surface area contributed by atoms with Crippen molar-refractivity contribution in [3.8, 4) is 0 Å². The average Bonchev–Trinajstić information content (AvgIpc) is 2.38. The molecule has 0 atom stereocenters. The highest BCUT2D eigenvalue weighted by molar-refractivity contribution is 6.88. The van der Waals surface area contributed by atoms with E-state index in [1.807, 2.05) is 19.2 Å². The molecule has 0 aliphatic heterocycles. The van der Waals surface area contributed by atoms with E-state index >= 15 is 0 Å². The molecule has 1 heterocycles. The molecule has 2 rings (SSSR count). The zero-order valence-corrected chi connectivity index (χ0v) is 13.8. The summed E-state index contributed by atoms with van der Waals surface area (Å²) in [6, 6.07) is 11.0. The Bertz CT molecular complexity index is 559. The quantitative estimate of drug-likeness (QED) is 0.858. The molecule has 0 saturated carbocycles. The Hall–Kier alpha value is -1.52. The predicted octanol–water partition coefficient (Wildman–Crippen LogP) is 2.62. The van der Waals surface area contributed by atoms with E-state index in [-0.39, 0.29) is 0 Å². The summed E-state index contributed by atoms with van der Waals surface area (Å²) in [5, 5.41) is 4.93. The molecular weight excluding hydrogens is 262 g/mol. The summed E-state index contributed by atoms with van der Waals surface area (Å²) in [5.41, 5.74) is 2.36. The van der Waals surface area contributed by atoms with Crippen LogP contribution in [0.1, 0.15) is 17.1 Å². The highest BCUT2D eigenvalue weighted by atomic mass is 28.3. The number of hydrogen-bond donors (Lipinski definition) is 1. The molecule has 2 aromatic rings. The molecule has 0 fully saturated rings. The minimum absolute atomic E-state index is 0.777. The minimum Gasteiger partial charge on any atom is -0.307 e. The van der Waals surface area contributed by atoms with Crippen LogP contribution in [-0.4, -0.2) is 18.0 Å². The molecular formula is C16H23N3Si. The van der Waals surface area contributed by atoms with Gasteiger partial charge in [0.2, 0.25) is 0 Å². The first kappa shape index (κ1) is 14.9. The standard InChI is InChI=1S/C16H23N3Si/c1-13-18-10-9-15(19-13)12-17-11-14-5-7-16(8-6-14)20(2,3)4/h5-10,17H,11-12H2,1-4H3. The van der Waals surface area contributed by atoms with Crippen LogP contribution < -0.4 is 10.5 Å². The van der Waals surface area contributed by atoms with Crippen molar-refractivity contribution in [2.45, 2.75) is 39.7 Å². The van der Waals surface area contributed by atoms with Crippen molar-refractivity contribution in [3.63, 3.8) is 0 Å². The molecule has 0 aliphatic rings. The summed E-state index contributed by atoms with van der Waals surface area (Å²) >= 11 is 0. The van der Waals surface area contributed by atoms with E-state index < -0.39 is 8.07 Å². The normalized spacial score (nSPS) is 11.6. The summed E-state index contributed by atoms with van der Waals surface area (Å²) in [5.74, 6) is 0.823. The Kier molecular flexibility index (Phi) is 4.67. The Morgan fingerprint density at radius 2 is 1.70 bits per heavy atom. The van der Waals surface area contributed by atoms with Crippen molar-refractivity contribution in [1.82, 2.24) is 15.3 Å². The van der Waals surface area contributed by atoms with Crippen molar-refractivity contribution >= 4 is 13.3 Å². The lowest BCUT2D eigenvalue weighted by atomic mass is 10.2. The molecule has 1 aromatic carbocycles. The van der Waals surface area contributed by atoms with Crippen LogP contribution in [-0.2, 0) is 13.1 Å². The monoisotopic (exact) mass is 285 g/mol. The van der Waals surface area contributed by atoms with Crippen LogP contribution in [0.2, 0.25) is 19.6 Å². The first-order chi connectivity index (χ1) is 9.45. The first-order valence-corrected chi connectivity index (χ1v) is 10.5. The fourth-order valence-corrected chi connectivity index (χ4v) is 3.23. The zero-order valence-electron chi connectivity index (χ0n) is 12.8. The molecule has 0 saturated heterocycles. The van der Waals surface area contributed by atoms with Gasteiger partial charge in [-0.25, -0.2) is 9.97 Å². The van der Waals surface area contributed by atoms with Gasteiger partial charge in [-0.2, -0.15) is 0 Å². The number of nitrogens with one attached hydrogen (secondary N) is 1. The van der Waals surface area contributed by atoms with Crippen molar-refractivity contribution in [2.24, 2.45) is 0 Å². The number of aromatic nitrogens is 2. The Morgan fingerprint density at radius 3 is 2.30 bits per heavy atom. The van der Waals surface area contributed by atoms with E-state index in [4.69, 9.17) is 0 Å². The van der Waals surface area contributed by atoms with Gasteiger partial charge in [0.25, 0.3) is 0 Å². The van der Waals surface area contributed by atoms with Gasteiger partial charge in [0.1, 0.15) is 5.82 Å². The van der Waals surface area contributed by atoms with E-state index in [9.17, 15) is 0 Å². The van der Waals surface area contributed by atoms with Gasteiger partial charge in [0.15, 0.2) is 0 Å². The van der Waals surface area contributed by atoms with Gasteiger partial charge < -0.3 is 5.32 Å². The van der Waals surface area contributed by atoms with Crippen LogP contribution in [0.25, 0.3) is 0 Å². The summed E-state index contributed by atoms with van der Waals surface area (Å²) < 4.78 is 0. The second kappa shape index (κ2) is 6.28. The van der Waals surface area contributed by atoms with Gasteiger partial charge in [-0.05, 0) is 18.6 Å². The lowest BCUT2D eigenvalue weighted by Gasteiger charge is -2.16. The Morgan fingerprint density at radius 1 is 1.00 bits per heavy atom. The molecule has 1 N–H and O–H groups in total. The topological polar surface area (TPSA) is 37.8 Å². The number of rotatable bonds is 5. The van der Waals surface area contributed by atoms with Crippen molar-refractivity contribution < 1.29 is 0 Å². The molecule has 0 radical (unpaired) electrons. The zero-order chi connectivity index (χ0) is 14.6. The van der Waals surface area contributed by atoms with Crippen LogP contribution in [0.4, 0.5) is 0 Å². The maximum absolute atomic E-state index is 4.38. The molecule has 106 valence electrons. The second-order valence-electron chi connectivity index (χ2n) is 6.15. The molecule has 0 bridgehead atoms. The number of nitrogens with zero attached hydrogens (tertiary/aromatic N) is 2. The SMILES string of the molecule is Cc1nccc(CNCc2ccc([Si](C)(C)C)cc2)n1. The third-order valence-corrected chi connectivity index (χ3v) is 5.35. The van der Waals surface area contributed by atoms with Crippen LogP contribution in [0, 0.1) is 6.92 Å². The van der Waals surface area contributed by atoms with Crippen LogP contribution in [0.15, 0.2) is 36.5 Å².